The van der Waals surface area contributed by atoms with Crippen molar-refractivity contribution in [2.24, 2.45) is 5.73 Å². The summed E-state index contributed by atoms with van der Waals surface area (Å²) in [5.41, 5.74) is 6.87. The molecule has 2 heterocycles. The van der Waals surface area contributed by atoms with Crippen LogP contribution in [0.5, 0.6) is 0 Å². The summed E-state index contributed by atoms with van der Waals surface area (Å²) in [6, 6.07) is 7.65. The SMILES string of the molecule is N[C@@H]1CCCN(Cc2nc(-c3ccc(Cl)cc3)no2)C1. The van der Waals surface area contributed by atoms with Crippen molar-refractivity contribution in [3.8, 4) is 11.4 Å². The van der Waals surface area contributed by atoms with Crippen LogP contribution in [0.2, 0.25) is 5.02 Å². The first-order valence-electron chi connectivity index (χ1n) is 6.77. The van der Waals surface area contributed by atoms with Crippen LogP contribution in [0.25, 0.3) is 11.4 Å². The number of likely N-dealkylation sites (tertiary alicyclic amines) is 1. The molecule has 0 radical (unpaired) electrons. The molecule has 6 heteroatoms. The lowest BCUT2D eigenvalue weighted by Crippen LogP contribution is -2.42. The minimum atomic E-state index is 0.252. The molecule has 0 amide bonds. The molecule has 0 aliphatic carbocycles. The fourth-order valence-electron chi connectivity index (χ4n) is 2.46. The Morgan fingerprint density at radius 3 is 2.90 bits per heavy atom. The lowest BCUT2D eigenvalue weighted by Gasteiger charge is -2.29. The zero-order valence-corrected chi connectivity index (χ0v) is 11.9. The topological polar surface area (TPSA) is 68.2 Å². The Labute approximate surface area is 122 Å². The van der Waals surface area contributed by atoms with Crippen LogP contribution >= 0.6 is 11.6 Å². The third-order valence-electron chi connectivity index (χ3n) is 3.47. The Hall–Kier alpha value is -1.43. The Kier molecular flexibility index (Phi) is 4.00. The number of halogens is 1. The minimum absolute atomic E-state index is 0.252. The zero-order chi connectivity index (χ0) is 13.9. The molecule has 5 nitrogen and oxygen atoms in total. The Balaban J connectivity index is 1.69. The van der Waals surface area contributed by atoms with Gasteiger partial charge in [0, 0.05) is 23.2 Å². The second kappa shape index (κ2) is 5.91. The number of piperidine rings is 1. The maximum Gasteiger partial charge on any atom is 0.241 e. The number of hydrogen-bond donors (Lipinski definition) is 1. The third kappa shape index (κ3) is 3.17. The molecule has 0 bridgehead atoms. The molecule has 2 N–H and O–H groups in total. The molecule has 3 rings (SSSR count). The van der Waals surface area contributed by atoms with Crippen molar-refractivity contribution >= 4 is 11.6 Å². The summed E-state index contributed by atoms with van der Waals surface area (Å²) in [7, 11) is 0. The van der Waals surface area contributed by atoms with Crippen LogP contribution in [-0.2, 0) is 6.54 Å². The maximum atomic E-state index is 5.97. The monoisotopic (exact) mass is 292 g/mol. The van der Waals surface area contributed by atoms with Crippen molar-refractivity contribution in [2.45, 2.75) is 25.4 Å². The highest BCUT2D eigenvalue weighted by molar-refractivity contribution is 6.30. The number of aromatic nitrogens is 2. The number of nitrogens with two attached hydrogens (primary N) is 1. The van der Waals surface area contributed by atoms with E-state index in [1.165, 1.54) is 0 Å². The molecule has 1 aliphatic rings. The largest absolute Gasteiger partial charge is 0.338 e. The van der Waals surface area contributed by atoms with E-state index in [2.05, 4.69) is 15.0 Å². The van der Waals surface area contributed by atoms with E-state index in [0.29, 0.717) is 23.3 Å². The Bertz CT molecular complexity index is 569. The van der Waals surface area contributed by atoms with E-state index in [1.807, 2.05) is 24.3 Å². The van der Waals surface area contributed by atoms with Crippen LogP contribution in [0.15, 0.2) is 28.8 Å². The van der Waals surface area contributed by atoms with Gasteiger partial charge in [0.2, 0.25) is 11.7 Å². The normalized spacial score (nSPS) is 20.2. The van der Waals surface area contributed by atoms with Crippen LogP contribution in [0, 0.1) is 0 Å². The summed E-state index contributed by atoms with van der Waals surface area (Å²) >= 11 is 5.86. The average molecular weight is 293 g/mol. The number of hydrogen-bond acceptors (Lipinski definition) is 5. The van der Waals surface area contributed by atoms with Crippen molar-refractivity contribution < 1.29 is 4.52 Å². The molecule has 1 atom stereocenters. The van der Waals surface area contributed by atoms with E-state index < -0.39 is 0 Å². The Morgan fingerprint density at radius 1 is 1.35 bits per heavy atom. The number of benzene rings is 1. The fourth-order valence-corrected chi connectivity index (χ4v) is 2.59. The van der Waals surface area contributed by atoms with Gasteiger partial charge in [0.15, 0.2) is 0 Å². The molecule has 0 saturated carbocycles. The number of nitrogens with zero attached hydrogens (tertiary/aromatic N) is 3. The molecule has 1 fully saturated rings. The van der Waals surface area contributed by atoms with Crippen molar-refractivity contribution in [1.82, 2.24) is 15.0 Å². The van der Waals surface area contributed by atoms with Crippen LogP contribution in [-0.4, -0.2) is 34.2 Å². The molecule has 1 aromatic heterocycles. The highest BCUT2D eigenvalue weighted by atomic mass is 35.5. The van der Waals surface area contributed by atoms with Gasteiger partial charge in [-0.15, -0.1) is 0 Å². The zero-order valence-electron chi connectivity index (χ0n) is 11.1. The predicted octanol–water partition coefficient (Wildman–Crippen LogP) is 2.31. The second-order valence-electron chi connectivity index (χ2n) is 5.16. The van der Waals surface area contributed by atoms with E-state index in [1.54, 1.807) is 0 Å². The summed E-state index contributed by atoms with van der Waals surface area (Å²) in [5.74, 6) is 1.22. The van der Waals surface area contributed by atoms with Gasteiger partial charge in [0.05, 0.1) is 6.54 Å². The van der Waals surface area contributed by atoms with Crippen LogP contribution in [0.3, 0.4) is 0 Å². The van der Waals surface area contributed by atoms with Crippen LogP contribution in [0.4, 0.5) is 0 Å². The van der Waals surface area contributed by atoms with E-state index in [0.717, 1.165) is 31.5 Å². The number of rotatable bonds is 3. The van der Waals surface area contributed by atoms with Crippen molar-refractivity contribution in [3.05, 3.63) is 35.2 Å². The van der Waals surface area contributed by atoms with E-state index in [4.69, 9.17) is 21.9 Å². The smallest absolute Gasteiger partial charge is 0.241 e. The molecule has 1 aliphatic heterocycles. The first kappa shape index (κ1) is 13.5. The molecular weight excluding hydrogens is 276 g/mol. The van der Waals surface area contributed by atoms with Gasteiger partial charge in [-0.05, 0) is 43.7 Å². The van der Waals surface area contributed by atoms with Crippen molar-refractivity contribution in [3.63, 3.8) is 0 Å². The first-order chi connectivity index (χ1) is 9.70. The van der Waals surface area contributed by atoms with Crippen LogP contribution < -0.4 is 5.73 Å². The van der Waals surface area contributed by atoms with E-state index in [-0.39, 0.29) is 6.04 Å². The quantitative estimate of drug-likeness (QED) is 0.940. The first-order valence-corrected chi connectivity index (χ1v) is 7.15. The highest BCUT2D eigenvalue weighted by Gasteiger charge is 2.19. The van der Waals surface area contributed by atoms with Gasteiger partial charge >= 0.3 is 0 Å². The van der Waals surface area contributed by atoms with Gasteiger partial charge in [-0.25, -0.2) is 0 Å². The second-order valence-corrected chi connectivity index (χ2v) is 5.59. The molecule has 106 valence electrons. The summed E-state index contributed by atoms with van der Waals surface area (Å²) in [6.07, 6.45) is 2.22. The van der Waals surface area contributed by atoms with Gasteiger partial charge in [-0.1, -0.05) is 16.8 Å². The molecular formula is C14H17ClN4O. The van der Waals surface area contributed by atoms with E-state index in [9.17, 15) is 0 Å². The molecule has 2 aromatic rings. The standard InChI is InChI=1S/C14H17ClN4O/c15-11-5-3-10(4-6-11)14-17-13(20-18-14)9-19-7-1-2-12(16)8-19/h3-6,12H,1-2,7-9,16H2/t12-/m1/s1. The molecule has 1 saturated heterocycles. The molecule has 20 heavy (non-hydrogen) atoms. The highest BCUT2D eigenvalue weighted by Crippen LogP contribution is 2.19. The van der Waals surface area contributed by atoms with Gasteiger partial charge in [-0.2, -0.15) is 4.98 Å². The van der Waals surface area contributed by atoms with Crippen LogP contribution in [0.1, 0.15) is 18.7 Å². The fraction of sp³-hybridized carbons (Fsp3) is 0.429. The lowest BCUT2D eigenvalue weighted by atomic mass is 10.1. The maximum absolute atomic E-state index is 5.97. The van der Waals surface area contributed by atoms with Gasteiger partial charge in [0.25, 0.3) is 0 Å². The summed E-state index contributed by atoms with van der Waals surface area (Å²) in [4.78, 5) is 6.68. The molecule has 1 aromatic carbocycles. The van der Waals surface area contributed by atoms with Gasteiger partial charge < -0.3 is 10.3 Å². The summed E-state index contributed by atoms with van der Waals surface area (Å²) in [6.45, 7) is 2.58. The minimum Gasteiger partial charge on any atom is -0.338 e. The molecule has 0 unspecified atom stereocenters. The van der Waals surface area contributed by atoms with Crippen molar-refractivity contribution in [2.75, 3.05) is 13.1 Å². The van der Waals surface area contributed by atoms with E-state index >= 15 is 0 Å². The van der Waals surface area contributed by atoms with Gasteiger partial charge in [0.1, 0.15) is 0 Å². The third-order valence-corrected chi connectivity index (χ3v) is 3.72. The van der Waals surface area contributed by atoms with Crippen molar-refractivity contribution in [1.29, 1.82) is 0 Å². The van der Waals surface area contributed by atoms with Gasteiger partial charge in [-0.3, -0.25) is 4.90 Å². The lowest BCUT2D eigenvalue weighted by molar-refractivity contribution is 0.178. The average Bonchev–Trinajstić information content (AvgIpc) is 2.88. The molecule has 0 spiro atoms. The Morgan fingerprint density at radius 2 is 2.15 bits per heavy atom. The predicted molar refractivity (Wildman–Crippen MR) is 77.2 cm³/mol. The summed E-state index contributed by atoms with van der Waals surface area (Å²) < 4.78 is 5.31. The summed E-state index contributed by atoms with van der Waals surface area (Å²) in [5, 5.41) is 4.71.